The van der Waals surface area contributed by atoms with Crippen molar-refractivity contribution in [3.63, 3.8) is 0 Å². The summed E-state index contributed by atoms with van der Waals surface area (Å²) >= 11 is 0. The maximum absolute atomic E-state index is 11.8. The minimum atomic E-state index is -0.492. The van der Waals surface area contributed by atoms with E-state index in [4.69, 9.17) is 4.74 Å². The Balaban J connectivity index is 2.63. The quantitative estimate of drug-likeness (QED) is 0.774. The van der Waals surface area contributed by atoms with Gasteiger partial charge in [0.1, 0.15) is 5.75 Å². The lowest BCUT2D eigenvalue weighted by molar-refractivity contribution is -0.127. The summed E-state index contributed by atoms with van der Waals surface area (Å²) in [6.45, 7) is 10.9. The number of hydrogen-bond donors (Lipinski definition) is 2. The molecule has 0 aliphatic carbocycles. The number of hydrogen-bond acceptors (Lipinski definition) is 3. The lowest BCUT2D eigenvalue weighted by Gasteiger charge is -2.18. The first-order valence-corrected chi connectivity index (χ1v) is 7.78. The van der Waals surface area contributed by atoms with Gasteiger partial charge in [0.15, 0.2) is 6.10 Å². The van der Waals surface area contributed by atoms with Gasteiger partial charge in [-0.25, -0.2) is 0 Å². The van der Waals surface area contributed by atoms with E-state index in [1.165, 1.54) is 5.56 Å². The predicted molar refractivity (Wildman–Crippen MR) is 86.5 cm³/mol. The van der Waals surface area contributed by atoms with Crippen LogP contribution in [0.1, 0.15) is 52.6 Å². The van der Waals surface area contributed by atoms with Crippen molar-refractivity contribution in [3.8, 4) is 5.75 Å². The van der Waals surface area contributed by atoms with Gasteiger partial charge >= 0.3 is 0 Å². The summed E-state index contributed by atoms with van der Waals surface area (Å²) in [6, 6.07) is 8.45. The smallest absolute Gasteiger partial charge is 0.260 e. The van der Waals surface area contributed by atoms with E-state index in [0.717, 1.165) is 18.7 Å². The average Bonchev–Trinajstić information content (AvgIpc) is 2.45. The zero-order valence-corrected chi connectivity index (χ0v) is 13.8. The van der Waals surface area contributed by atoms with Crippen LogP contribution in [0.15, 0.2) is 24.3 Å². The maximum Gasteiger partial charge on any atom is 0.260 e. The summed E-state index contributed by atoms with van der Waals surface area (Å²) in [7, 11) is 0. The van der Waals surface area contributed by atoms with Gasteiger partial charge < -0.3 is 15.4 Å². The van der Waals surface area contributed by atoms with E-state index in [0.29, 0.717) is 6.04 Å². The van der Waals surface area contributed by atoms with E-state index < -0.39 is 6.10 Å². The average molecular weight is 292 g/mol. The van der Waals surface area contributed by atoms with Crippen LogP contribution < -0.4 is 15.4 Å². The molecule has 21 heavy (non-hydrogen) atoms. The van der Waals surface area contributed by atoms with E-state index in [2.05, 4.69) is 36.6 Å². The monoisotopic (exact) mass is 292 g/mol. The number of amides is 1. The molecule has 1 rings (SSSR count). The highest BCUT2D eigenvalue weighted by atomic mass is 16.5. The Labute approximate surface area is 128 Å². The van der Waals surface area contributed by atoms with Crippen LogP contribution in [-0.2, 0) is 4.79 Å². The number of carbonyl (C=O) groups excluding carboxylic acids is 1. The fourth-order valence-electron chi connectivity index (χ4n) is 2.18. The Morgan fingerprint density at radius 2 is 1.76 bits per heavy atom. The first-order valence-electron chi connectivity index (χ1n) is 7.78. The topological polar surface area (TPSA) is 50.4 Å². The summed E-state index contributed by atoms with van der Waals surface area (Å²) in [5, 5.41) is 6.29. The number of ether oxygens (including phenoxy) is 1. The van der Waals surface area contributed by atoms with Crippen LogP contribution in [0, 0.1) is 0 Å². The van der Waals surface area contributed by atoms with Crippen LogP contribution in [-0.4, -0.2) is 24.6 Å². The molecule has 118 valence electrons. The molecule has 0 saturated heterocycles. The van der Waals surface area contributed by atoms with Gasteiger partial charge in [-0.3, -0.25) is 4.79 Å². The van der Waals surface area contributed by atoms with Crippen LogP contribution in [0.4, 0.5) is 0 Å². The Bertz CT molecular complexity index is 429. The molecule has 0 saturated carbocycles. The second-order valence-electron chi connectivity index (χ2n) is 5.51. The largest absolute Gasteiger partial charge is 0.481 e. The van der Waals surface area contributed by atoms with Crippen molar-refractivity contribution in [1.82, 2.24) is 10.6 Å². The molecule has 2 atom stereocenters. The molecule has 0 aliphatic heterocycles. The second-order valence-corrected chi connectivity index (χ2v) is 5.51. The van der Waals surface area contributed by atoms with Crippen molar-refractivity contribution in [2.75, 3.05) is 6.54 Å². The van der Waals surface area contributed by atoms with Crippen molar-refractivity contribution < 1.29 is 9.53 Å². The predicted octanol–water partition coefficient (Wildman–Crippen LogP) is 3.04. The summed E-state index contributed by atoms with van der Waals surface area (Å²) < 4.78 is 5.67. The van der Waals surface area contributed by atoms with Crippen LogP contribution in [0.25, 0.3) is 0 Å². The number of carbonyl (C=O) groups is 1. The first kappa shape index (κ1) is 17.5. The molecule has 0 radical (unpaired) electrons. The van der Waals surface area contributed by atoms with Gasteiger partial charge in [-0.2, -0.15) is 0 Å². The number of benzene rings is 1. The minimum absolute atomic E-state index is 0.0897. The normalized spacial score (nSPS) is 13.8. The van der Waals surface area contributed by atoms with Gasteiger partial charge in [0.25, 0.3) is 5.91 Å². The van der Waals surface area contributed by atoms with E-state index in [1.807, 2.05) is 26.0 Å². The highest BCUT2D eigenvalue weighted by Gasteiger charge is 2.15. The summed E-state index contributed by atoms with van der Waals surface area (Å²) in [6.07, 6.45) is 0.551. The number of nitrogens with one attached hydrogen (secondary N) is 2. The van der Waals surface area contributed by atoms with Gasteiger partial charge in [0.2, 0.25) is 0 Å². The van der Waals surface area contributed by atoms with E-state index >= 15 is 0 Å². The Hall–Kier alpha value is -1.55. The Morgan fingerprint density at radius 3 is 2.24 bits per heavy atom. The summed E-state index contributed by atoms with van der Waals surface area (Å²) in [4.78, 5) is 11.8. The highest BCUT2D eigenvalue weighted by Crippen LogP contribution is 2.20. The second kappa shape index (κ2) is 8.67. The maximum atomic E-state index is 11.8. The molecule has 2 N–H and O–H groups in total. The molecule has 0 aliphatic rings. The standard InChI is InChI=1S/C17H28N2O2/c1-6-16(18-7-2)14-8-10-15(11-9-14)21-13(5)17(20)19-12(3)4/h8-13,16,18H,6-7H2,1-5H3,(H,19,20). The van der Waals surface area contributed by atoms with Crippen molar-refractivity contribution >= 4 is 5.91 Å². The molecule has 0 fully saturated rings. The zero-order valence-electron chi connectivity index (χ0n) is 13.8. The molecule has 1 aromatic rings. The fourth-order valence-corrected chi connectivity index (χ4v) is 2.18. The van der Waals surface area contributed by atoms with E-state index in [1.54, 1.807) is 6.92 Å². The third kappa shape index (κ3) is 5.76. The highest BCUT2D eigenvalue weighted by molar-refractivity contribution is 5.80. The summed E-state index contributed by atoms with van der Waals surface area (Å²) in [5.74, 6) is 0.629. The molecule has 1 amide bonds. The third-order valence-corrected chi connectivity index (χ3v) is 3.25. The van der Waals surface area contributed by atoms with Gasteiger partial charge in [-0.1, -0.05) is 26.0 Å². The molecule has 0 heterocycles. The number of rotatable bonds is 8. The Kier molecular flexibility index (Phi) is 7.23. The molecule has 0 spiro atoms. The van der Waals surface area contributed by atoms with Crippen molar-refractivity contribution in [3.05, 3.63) is 29.8 Å². The van der Waals surface area contributed by atoms with Crippen molar-refractivity contribution in [1.29, 1.82) is 0 Å². The lowest BCUT2D eigenvalue weighted by atomic mass is 10.0. The fraction of sp³-hybridized carbons (Fsp3) is 0.588. The Morgan fingerprint density at radius 1 is 1.14 bits per heavy atom. The van der Waals surface area contributed by atoms with Gasteiger partial charge in [-0.15, -0.1) is 0 Å². The molecule has 4 heteroatoms. The van der Waals surface area contributed by atoms with Crippen molar-refractivity contribution in [2.45, 2.75) is 59.2 Å². The van der Waals surface area contributed by atoms with Crippen LogP contribution >= 0.6 is 0 Å². The van der Waals surface area contributed by atoms with Crippen molar-refractivity contribution in [2.24, 2.45) is 0 Å². The molecule has 0 bridgehead atoms. The van der Waals surface area contributed by atoms with E-state index in [9.17, 15) is 4.79 Å². The lowest BCUT2D eigenvalue weighted by Crippen LogP contribution is -2.40. The molecule has 0 aromatic heterocycles. The molecular formula is C17H28N2O2. The molecule has 2 unspecified atom stereocenters. The van der Waals surface area contributed by atoms with Gasteiger partial charge in [-0.05, 0) is 51.4 Å². The van der Waals surface area contributed by atoms with Gasteiger partial charge in [0.05, 0.1) is 0 Å². The van der Waals surface area contributed by atoms with Crippen LogP contribution in [0.2, 0.25) is 0 Å². The summed E-state index contributed by atoms with van der Waals surface area (Å²) in [5.41, 5.74) is 1.24. The van der Waals surface area contributed by atoms with E-state index in [-0.39, 0.29) is 11.9 Å². The zero-order chi connectivity index (χ0) is 15.8. The van der Waals surface area contributed by atoms with Crippen LogP contribution in [0.5, 0.6) is 5.75 Å². The van der Waals surface area contributed by atoms with Gasteiger partial charge in [0, 0.05) is 12.1 Å². The SMILES string of the molecule is CCNC(CC)c1ccc(OC(C)C(=O)NC(C)C)cc1. The minimum Gasteiger partial charge on any atom is -0.481 e. The molecule has 1 aromatic carbocycles. The molecule has 4 nitrogen and oxygen atoms in total. The first-order chi connectivity index (χ1) is 9.97. The van der Waals surface area contributed by atoms with Crippen LogP contribution in [0.3, 0.4) is 0 Å². The third-order valence-electron chi connectivity index (χ3n) is 3.25. The molecular weight excluding hydrogens is 264 g/mol.